The molecule has 0 aliphatic carbocycles. The standard InChI is InChI=1S/C21H17F3N4O3/c1-31-20(29)13-9-11(22)5-6-15(13)27-21(30)28-8-7-16-18(26-10-25-16)19(28)12-3-2-4-14(23)17(12)24/h2-6,9-10,19H,7-8H2,1H3,(H,25,26)(H,27,30)/t19-/m1/s1. The largest absolute Gasteiger partial charge is 0.465 e. The zero-order valence-electron chi connectivity index (χ0n) is 16.3. The highest BCUT2D eigenvalue weighted by Crippen LogP contribution is 2.35. The molecule has 2 aromatic carbocycles. The van der Waals surface area contributed by atoms with E-state index in [4.69, 9.17) is 0 Å². The van der Waals surface area contributed by atoms with Crippen LogP contribution in [0.1, 0.15) is 33.4 Å². The molecule has 2 heterocycles. The number of hydrogen-bond acceptors (Lipinski definition) is 4. The van der Waals surface area contributed by atoms with Gasteiger partial charge in [0, 0.05) is 24.2 Å². The summed E-state index contributed by atoms with van der Waals surface area (Å²) >= 11 is 0. The normalized spacial score (nSPS) is 15.4. The van der Waals surface area contributed by atoms with Gasteiger partial charge in [-0.25, -0.2) is 27.7 Å². The van der Waals surface area contributed by atoms with Crippen LogP contribution in [0.2, 0.25) is 0 Å². The Labute approximate surface area is 174 Å². The van der Waals surface area contributed by atoms with Gasteiger partial charge in [-0.2, -0.15) is 0 Å². The first kappa shape index (κ1) is 20.5. The number of benzene rings is 2. The maximum atomic E-state index is 14.6. The van der Waals surface area contributed by atoms with Gasteiger partial charge in [-0.3, -0.25) is 0 Å². The molecule has 3 aromatic rings. The number of amides is 2. The molecule has 1 aliphatic rings. The quantitative estimate of drug-likeness (QED) is 0.619. The summed E-state index contributed by atoms with van der Waals surface area (Å²) in [7, 11) is 1.13. The molecule has 0 radical (unpaired) electrons. The van der Waals surface area contributed by atoms with Gasteiger partial charge < -0.3 is 19.9 Å². The number of esters is 1. The lowest BCUT2D eigenvalue weighted by molar-refractivity contribution is 0.0601. The lowest BCUT2D eigenvalue weighted by atomic mass is 9.95. The van der Waals surface area contributed by atoms with E-state index in [9.17, 15) is 22.8 Å². The van der Waals surface area contributed by atoms with E-state index in [1.165, 1.54) is 29.4 Å². The minimum absolute atomic E-state index is 0.0181. The van der Waals surface area contributed by atoms with E-state index in [-0.39, 0.29) is 23.4 Å². The van der Waals surface area contributed by atoms with E-state index >= 15 is 0 Å². The Hall–Kier alpha value is -3.82. The molecule has 0 saturated heterocycles. The Balaban J connectivity index is 1.72. The number of hydrogen-bond donors (Lipinski definition) is 2. The number of fused-ring (bicyclic) bond motifs is 1. The molecule has 7 nitrogen and oxygen atoms in total. The van der Waals surface area contributed by atoms with Crippen LogP contribution < -0.4 is 5.32 Å². The number of halogens is 3. The first-order valence-electron chi connectivity index (χ1n) is 9.32. The topological polar surface area (TPSA) is 87.3 Å². The minimum Gasteiger partial charge on any atom is -0.465 e. The molecule has 2 amide bonds. The smallest absolute Gasteiger partial charge is 0.340 e. The molecule has 4 rings (SSSR count). The SMILES string of the molecule is COC(=O)c1cc(F)ccc1NC(=O)N1CCc2[nH]cnc2[C@H]1c1cccc(F)c1F. The summed E-state index contributed by atoms with van der Waals surface area (Å²) in [6, 6.07) is 5.25. The van der Waals surface area contributed by atoms with Gasteiger partial charge in [-0.05, 0) is 24.3 Å². The second kappa shape index (κ2) is 8.13. The van der Waals surface area contributed by atoms with Gasteiger partial charge in [-0.1, -0.05) is 12.1 Å². The van der Waals surface area contributed by atoms with E-state index in [0.29, 0.717) is 17.8 Å². The predicted molar refractivity (Wildman–Crippen MR) is 104 cm³/mol. The first-order valence-corrected chi connectivity index (χ1v) is 9.32. The zero-order valence-corrected chi connectivity index (χ0v) is 16.3. The number of rotatable bonds is 3. The number of urea groups is 1. The molecular weight excluding hydrogens is 413 g/mol. The third-order valence-electron chi connectivity index (χ3n) is 5.09. The van der Waals surface area contributed by atoms with Crippen molar-refractivity contribution >= 4 is 17.7 Å². The molecule has 0 spiro atoms. The molecule has 0 fully saturated rings. The van der Waals surface area contributed by atoms with E-state index < -0.39 is 35.5 Å². The van der Waals surface area contributed by atoms with Crippen molar-refractivity contribution in [3.05, 3.63) is 82.7 Å². The maximum absolute atomic E-state index is 14.6. The Bertz CT molecular complexity index is 1160. The van der Waals surface area contributed by atoms with Crippen LogP contribution in [0.25, 0.3) is 0 Å². The number of aromatic amines is 1. The molecule has 1 aromatic heterocycles. The Morgan fingerprint density at radius 1 is 1.23 bits per heavy atom. The van der Waals surface area contributed by atoms with Gasteiger partial charge in [0.25, 0.3) is 0 Å². The van der Waals surface area contributed by atoms with Gasteiger partial charge in [0.15, 0.2) is 11.6 Å². The van der Waals surface area contributed by atoms with E-state index in [1.807, 2.05) is 0 Å². The Morgan fingerprint density at radius 3 is 2.81 bits per heavy atom. The Morgan fingerprint density at radius 2 is 2.03 bits per heavy atom. The van der Waals surface area contributed by atoms with Crippen molar-refractivity contribution in [1.82, 2.24) is 14.9 Å². The van der Waals surface area contributed by atoms with Crippen LogP contribution in [0, 0.1) is 17.5 Å². The van der Waals surface area contributed by atoms with E-state index in [0.717, 1.165) is 25.3 Å². The highest BCUT2D eigenvalue weighted by atomic mass is 19.2. The second-order valence-electron chi connectivity index (χ2n) is 6.87. The number of carbonyl (C=O) groups is 2. The maximum Gasteiger partial charge on any atom is 0.340 e. The molecule has 0 bridgehead atoms. The number of nitrogens with zero attached hydrogens (tertiary/aromatic N) is 2. The molecule has 160 valence electrons. The number of nitrogens with one attached hydrogen (secondary N) is 2. The summed E-state index contributed by atoms with van der Waals surface area (Å²) in [6.07, 6.45) is 1.83. The third-order valence-corrected chi connectivity index (χ3v) is 5.09. The summed E-state index contributed by atoms with van der Waals surface area (Å²) in [6.45, 7) is 0.163. The van der Waals surface area contributed by atoms with Gasteiger partial charge in [0.2, 0.25) is 0 Å². The molecule has 1 atom stereocenters. The lowest BCUT2D eigenvalue weighted by Gasteiger charge is -2.35. The Kier molecular flexibility index (Phi) is 5.37. The van der Waals surface area contributed by atoms with Crippen LogP contribution in [0.15, 0.2) is 42.7 Å². The number of aromatic nitrogens is 2. The second-order valence-corrected chi connectivity index (χ2v) is 6.87. The van der Waals surface area contributed by atoms with Crippen molar-refractivity contribution < 1.29 is 27.5 Å². The number of ether oxygens (including phenoxy) is 1. The van der Waals surface area contributed by atoms with Crippen LogP contribution in [-0.2, 0) is 11.2 Å². The minimum atomic E-state index is -1.09. The molecular formula is C21H17F3N4O3. The van der Waals surface area contributed by atoms with E-state index in [2.05, 4.69) is 20.0 Å². The summed E-state index contributed by atoms with van der Waals surface area (Å²) in [5, 5.41) is 2.54. The number of imidazole rings is 1. The summed E-state index contributed by atoms with van der Waals surface area (Å²) in [5.41, 5.74) is 0.870. The van der Waals surface area contributed by atoms with Crippen LogP contribution in [0.3, 0.4) is 0 Å². The number of carbonyl (C=O) groups excluding carboxylic acids is 2. The van der Waals surface area contributed by atoms with Crippen LogP contribution in [-0.4, -0.2) is 40.5 Å². The van der Waals surface area contributed by atoms with Crippen molar-refractivity contribution in [1.29, 1.82) is 0 Å². The molecule has 0 unspecified atom stereocenters. The lowest BCUT2D eigenvalue weighted by Crippen LogP contribution is -2.43. The molecule has 0 saturated carbocycles. The van der Waals surface area contributed by atoms with Gasteiger partial charge in [0.05, 0.1) is 30.4 Å². The van der Waals surface area contributed by atoms with Crippen LogP contribution in [0.4, 0.5) is 23.7 Å². The zero-order chi connectivity index (χ0) is 22.1. The number of anilines is 1. The summed E-state index contributed by atoms with van der Waals surface area (Å²) in [5.74, 6) is -3.65. The molecule has 31 heavy (non-hydrogen) atoms. The fraction of sp³-hybridized carbons (Fsp3) is 0.190. The van der Waals surface area contributed by atoms with Crippen molar-refractivity contribution in [2.24, 2.45) is 0 Å². The van der Waals surface area contributed by atoms with E-state index in [1.54, 1.807) is 0 Å². The molecule has 10 heteroatoms. The van der Waals surface area contributed by atoms with Crippen molar-refractivity contribution in [2.45, 2.75) is 12.5 Å². The van der Waals surface area contributed by atoms with Gasteiger partial charge in [-0.15, -0.1) is 0 Å². The monoisotopic (exact) mass is 430 g/mol. The highest BCUT2D eigenvalue weighted by Gasteiger charge is 2.36. The highest BCUT2D eigenvalue weighted by molar-refractivity contribution is 6.01. The third kappa shape index (κ3) is 3.72. The molecule has 1 aliphatic heterocycles. The van der Waals surface area contributed by atoms with Crippen molar-refractivity contribution in [2.75, 3.05) is 19.0 Å². The average molecular weight is 430 g/mol. The van der Waals surface area contributed by atoms with Crippen molar-refractivity contribution in [3.63, 3.8) is 0 Å². The first-order chi connectivity index (χ1) is 14.9. The number of H-pyrrole nitrogens is 1. The fourth-order valence-corrected chi connectivity index (χ4v) is 3.63. The summed E-state index contributed by atoms with van der Waals surface area (Å²) in [4.78, 5) is 33.6. The predicted octanol–water partition coefficient (Wildman–Crippen LogP) is 3.79. The summed E-state index contributed by atoms with van der Waals surface area (Å²) < 4.78 is 46.8. The average Bonchev–Trinajstić information content (AvgIpc) is 3.24. The van der Waals surface area contributed by atoms with Crippen molar-refractivity contribution in [3.8, 4) is 0 Å². The van der Waals surface area contributed by atoms with Crippen LogP contribution in [0.5, 0.6) is 0 Å². The fourth-order valence-electron chi connectivity index (χ4n) is 3.63. The van der Waals surface area contributed by atoms with Gasteiger partial charge in [0.1, 0.15) is 11.9 Å². The van der Waals surface area contributed by atoms with Gasteiger partial charge >= 0.3 is 12.0 Å². The molecule has 2 N–H and O–H groups in total. The number of methoxy groups -OCH3 is 1. The van der Waals surface area contributed by atoms with Crippen LogP contribution >= 0.6 is 0 Å².